The number of thiazole rings is 1. The van der Waals surface area contributed by atoms with Crippen LogP contribution in [0.2, 0.25) is 5.02 Å². The van der Waals surface area contributed by atoms with Crippen molar-refractivity contribution >= 4 is 39.9 Å². The summed E-state index contributed by atoms with van der Waals surface area (Å²) in [5.74, 6) is 0.206. The van der Waals surface area contributed by atoms with Crippen LogP contribution < -0.4 is 15.4 Å². The first-order valence-corrected chi connectivity index (χ1v) is 9.74. The van der Waals surface area contributed by atoms with Gasteiger partial charge in [-0.25, -0.2) is 4.98 Å². The molecule has 0 saturated carbocycles. The molecule has 6 nitrogen and oxygen atoms in total. The Labute approximate surface area is 171 Å². The van der Waals surface area contributed by atoms with Crippen molar-refractivity contribution < 1.29 is 14.3 Å². The van der Waals surface area contributed by atoms with Crippen molar-refractivity contribution in [3.63, 3.8) is 0 Å². The van der Waals surface area contributed by atoms with Crippen LogP contribution in [0.25, 0.3) is 0 Å². The van der Waals surface area contributed by atoms with E-state index in [4.69, 9.17) is 16.3 Å². The van der Waals surface area contributed by atoms with E-state index in [1.54, 1.807) is 36.8 Å². The molecule has 1 aromatic heterocycles. The highest BCUT2D eigenvalue weighted by Crippen LogP contribution is 2.17. The average Bonchev–Trinajstić information content (AvgIpc) is 3.17. The lowest BCUT2D eigenvalue weighted by atomic mass is 10.1. The smallest absolute Gasteiger partial charge is 0.270 e. The van der Waals surface area contributed by atoms with E-state index in [1.807, 2.05) is 24.3 Å². The van der Waals surface area contributed by atoms with Crippen molar-refractivity contribution in [2.24, 2.45) is 0 Å². The van der Waals surface area contributed by atoms with Gasteiger partial charge in [-0.05, 0) is 48.4 Å². The number of aromatic nitrogens is 1. The average molecular weight is 416 g/mol. The minimum Gasteiger partial charge on any atom is -0.497 e. The normalized spacial score (nSPS) is 10.4. The molecule has 0 unspecified atom stereocenters. The van der Waals surface area contributed by atoms with Crippen LogP contribution in [0.3, 0.4) is 0 Å². The third kappa shape index (κ3) is 5.31. The second-order valence-electron chi connectivity index (χ2n) is 5.85. The van der Waals surface area contributed by atoms with E-state index in [-0.39, 0.29) is 17.5 Å². The molecule has 0 spiro atoms. The fraction of sp³-hybridized carbons (Fsp3) is 0.150. The molecule has 1 heterocycles. The lowest BCUT2D eigenvalue weighted by Crippen LogP contribution is -2.26. The number of benzene rings is 2. The van der Waals surface area contributed by atoms with Crippen molar-refractivity contribution in [1.82, 2.24) is 10.3 Å². The standard InChI is InChI=1S/C20H18ClN3O3S/c1-27-16-8-2-13(3-9-16)10-11-22-19(26)17-12-28-20(23-17)24-18(25)14-4-6-15(21)7-5-14/h2-9,12H,10-11H2,1H3,(H,22,26)(H,23,24,25). The first-order valence-electron chi connectivity index (χ1n) is 8.49. The van der Waals surface area contributed by atoms with Crippen molar-refractivity contribution in [3.05, 3.63) is 75.8 Å². The molecule has 144 valence electrons. The minimum absolute atomic E-state index is 0.270. The Kier molecular flexibility index (Phi) is 6.62. The van der Waals surface area contributed by atoms with Gasteiger partial charge in [0.2, 0.25) is 0 Å². The maximum atomic E-state index is 12.2. The predicted molar refractivity (Wildman–Crippen MR) is 111 cm³/mol. The van der Waals surface area contributed by atoms with E-state index in [0.29, 0.717) is 28.7 Å². The number of rotatable bonds is 7. The molecule has 28 heavy (non-hydrogen) atoms. The molecule has 0 aliphatic heterocycles. The maximum Gasteiger partial charge on any atom is 0.270 e. The van der Waals surface area contributed by atoms with Gasteiger partial charge in [-0.15, -0.1) is 11.3 Å². The van der Waals surface area contributed by atoms with Crippen LogP contribution in [-0.2, 0) is 6.42 Å². The number of nitrogens with one attached hydrogen (secondary N) is 2. The molecule has 0 bridgehead atoms. The van der Waals surface area contributed by atoms with Crippen LogP contribution in [0.4, 0.5) is 5.13 Å². The van der Waals surface area contributed by atoms with Crippen LogP contribution in [0.5, 0.6) is 5.75 Å². The number of amides is 2. The van der Waals surface area contributed by atoms with Crippen LogP contribution in [0.15, 0.2) is 53.9 Å². The third-order valence-electron chi connectivity index (χ3n) is 3.92. The lowest BCUT2D eigenvalue weighted by molar-refractivity contribution is 0.0948. The summed E-state index contributed by atoms with van der Waals surface area (Å²) in [5, 5.41) is 8.03. The number of ether oxygens (including phenoxy) is 1. The molecule has 0 aliphatic carbocycles. The molecule has 0 aliphatic rings. The number of anilines is 1. The Morgan fingerprint density at radius 1 is 1.07 bits per heavy atom. The zero-order chi connectivity index (χ0) is 19.9. The highest BCUT2D eigenvalue weighted by atomic mass is 35.5. The Morgan fingerprint density at radius 2 is 1.79 bits per heavy atom. The van der Waals surface area contributed by atoms with Gasteiger partial charge in [0.15, 0.2) is 5.13 Å². The van der Waals surface area contributed by atoms with Gasteiger partial charge in [0.25, 0.3) is 11.8 Å². The molecule has 2 aromatic carbocycles. The van der Waals surface area contributed by atoms with Gasteiger partial charge in [-0.1, -0.05) is 23.7 Å². The van der Waals surface area contributed by atoms with Gasteiger partial charge >= 0.3 is 0 Å². The second-order valence-corrected chi connectivity index (χ2v) is 7.15. The van der Waals surface area contributed by atoms with Gasteiger partial charge < -0.3 is 10.1 Å². The van der Waals surface area contributed by atoms with Crippen LogP contribution >= 0.6 is 22.9 Å². The van der Waals surface area contributed by atoms with Crippen molar-refractivity contribution in [2.45, 2.75) is 6.42 Å². The van der Waals surface area contributed by atoms with Gasteiger partial charge in [0.05, 0.1) is 7.11 Å². The molecule has 0 saturated heterocycles. The first kappa shape index (κ1) is 19.9. The van der Waals surface area contributed by atoms with Crippen LogP contribution in [-0.4, -0.2) is 30.5 Å². The third-order valence-corrected chi connectivity index (χ3v) is 4.93. The fourth-order valence-electron chi connectivity index (χ4n) is 2.41. The molecule has 0 radical (unpaired) electrons. The van der Waals surface area contributed by atoms with Crippen molar-refractivity contribution in [3.8, 4) is 5.75 Å². The highest BCUT2D eigenvalue weighted by molar-refractivity contribution is 7.14. The van der Waals surface area contributed by atoms with Crippen LogP contribution in [0.1, 0.15) is 26.4 Å². The van der Waals surface area contributed by atoms with Gasteiger partial charge in [-0.2, -0.15) is 0 Å². The van der Waals surface area contributed by atoms with E-state index in [1.165, 1.54) is 11.3 Å². The minimum atomic E-state index is -0.308. The molecule has 2 N–H and O–H groups in total. The Balaban J connectivity index is 1.50. The van der Waals surface area contributed by atoms with E-state index < -0.39 is 0 Å². The van der Waals surface area contributed by atoms with Crippen molar-refractivity contribution in [1.29, 1.82) is 0 Å². The Bertz CT molecular complexity index is 956. The summed E-state index contributed by atoms with van der Waals surface area (Å²) in [6.07, 6.45) is 0.694. The summed E-state index contributed by atoms with van der Waals surface area (Å²) in [7, 11) is 1.62. The maximum absolute atomic E-state index is 12.2. The Hall–Kier alpha value is -2.90. The predicted octanol–water partition coefficient (Wildman–Crippen LogP) is 4.03. The quantitative estimate of drug-likeness (QED) is 0.610. The molecular weight excluding hydrogens is 398 g/mol. The van der Waals surface area contributed by atoms with Gasteiger partial charge in [-0.3, -0.25) is 14.9 Å². The summed E-state index contributed by atoms with van der Waals surface area (Å²) in [4.78, 5) is 28.6. The van der Waals surface area contributed by atoms with E-state index in [2.05, 4.69) is 15.6 Å². The van der Waals surface area contributed by atoms with E-state index >= 15 is 0 Å². The zero-order valence-corrected chi connectivity index (χ0v) is 16.6. The monoisotopic (exact) mass is 415 g/mol. The van der Waals surface area contributed by atoms with Crippen LogP contribution in [0, 0.1) is 0 Å². The molecule has 3 rings (SSSR count). The summed E-state index contributed by atoms with van der Waals surface area (Å²) in [5.41, 5.74) is 1.83. The lowest BCUT2D eigenvalue weighted by Gasteiger charge is -2.05. The number of halogens is 1. The Morgan fingerprint density at radius 3 is 2.46 bits per heavy atom. The number of carbonyl (C=O) groups is 2. The molecule has 8 heteroatoms. The largest absolute Gasteiger partial charge is 0.497 e. The summed E-state index contributed by atoms with van der Waals surface area (Å²) in [6.45, 7) is 0.481. The summed E-state index contributed by atoms with van der Waals surface area (Å²) < 4.78 is 5.12. The molecular formula is C20H18ClN3O3S. The number of nitrogens with zero attached hydrogens (tertiary/aromatic N) is 1. The van der Waals surface area contributed by atoms with Crippen molar-refractivity contribution in [2.75, 3.05) is 19.0 Å². The molecule has 3 aromatic rings. The van der Waals surface area contributed by atoms with Gasteiger partial charge in [0, 0.05) is 22.5 Å². The number of methoxy groups -OCH3 is 1. The molecule has 0 atom stereocenters. The number of hydrogen-bond acceptors (Lipinski definition) is 5. The zero-order valence-electron chi connectivity index (χ0n) is 15.1. The number of hydrogen-bond donors (Lipinski definition) is 2. The molecule has 2 amide bonds. The number of carbonyl (C=O) groups excluding carboxylic acids is 2. The highest BCUT2D eigenvalue weighted by Gasteiger charge is 2.13. The fourth-order valence-corrected chi connectivity index (χ4v) is 3.22. The van der Waals surface area contributed by atoms with Gasteiger partial charge in [0.1, 0.15) is 11.4 Å². The summed E-state index contributed by atoms with van der Waals surface area (Å²) in [6, 6.07) is 14.2. The summed E-state index contributed by atoms with van der Waals surface area (Å²) >= 11 is 7.01. The molecule has 0 fully saturated rings. The SMILES string of the molecule is COc1ccc(CCNC(=O)c2csc(NC(=O)c3ccc(Cl)cc3)n2)cc1. The van der Waals surface area contributed by atoms with E-state index in [0.717, 1.165) is 11.3 Å². The second kappa shape index (κ2) is 9.34. The first-order chi connectivity index (χ1) is 13.5. The topological polar surface area (TPSA) is 80.3 Å². The van der Waals surface area contributed by atoms with E-state index in [9.17, 15) is 9.59 Å².